The van der Waals surface area contributed by atoms with Crippen molar-refractivity contribution in [2.75, 3.05) is 12.2 Å². The van der Waals surface area contributed by atoms with E-state index in [-0.39, 0.29) is 23.1 Å². The smallest absolute Gasteiger partial charge is 0.438 e. The minimum Gasteiger partial charge on any atom is -0.486 e. The minimum absolute atomic E-state index is 0.0454. The van der Waals surface area contributed by atoms with E-state index in [1.54, 1.807) is 25.1 Å². The molecule has 0 aromatic heterocycles. The van der Waals surface area contributed by atoms with Crippen LogP contribution in [-0.2, 0) is 11.3 Å². The zero-order chi connectivity index (χ0) is 17.0. The quantitative estimate of drug-likeness (QED) is 0.665. The van der Waals surface area contributed by atoms with Gasteiger partial charge in [0.1, 0.15) is 6.61 Å². The summed E-state index contributed by atoms with van der Waals surface area (Å²) < 4.78 is 23.7. The van der Waals surface area contributed by atoms with Gasteiger partial charge in [-0.2, -0.15) is 5.06 Å². The molecule has 0 atom stereocenters. The normalized spacial score (nSPS) is 10.3. The molecule has 7 heteroatoms. The second kappa shape index (κ2) is 7.30. The summed E-state index contributed by atoms with van der Waals surface area (Å²) in [7, 11) is 1.13. The van der Waals surface area contributed by atoms with E-state index >= 15 is 0 Å². The minimum atomic E-state index is -0.977. The lowest BCUT2D eigenvalue weighted by atomic mass is 10.2. The fourth-order valence-corrected chi connectivity index (χ4v) is 2.17. The van der Waals surface area contributed by atoms with Gasteiger partial charge in [0, 0.05) is 10.6 Å². The van der Waals surface area contributed by atoms with Gasteiger partial charge in [0.25, 0.3) is 0 Å². The number of aryl methyl sites for hydroxylation is 1. The average Bonchev–Trinajstić information content (AvgIpc) is 2.53. The van der Waals surface area contributed by atoms with Crippen molar-refractivity contribution in [3.63, 3.8) is 0 Å². The molecule has 0 radical (unpaired) electrons. The lowest BCUT2D eigenvalue weighted by Crippen LogP contribution is -2.28. The van der Waals surface area contributed by atoms with Crippen LogP contribution in [0.2, 0.25) is 5.02 Å². The molecule has 0 saturated heterocycles. The number of benzene rings is 2. The largest absolute Gasteiger partial charge is 0.486 e. The number of amides is 1. The van der Waals surface area contributed by atoms with Gasteiger partial charge < -0.3 is 9.47 Å². The first-order valence-corrected chi connectivity index (χ1v) is 7.05. The molecule has 0 bridgehead atoms. The Bertz CT molecular complexity index is 723. The number of anilines is 1. The van der Waals surface area contributed by atoms with Crippen molar-refractivity contribution >= 4 is 23.4 Å². The van der Waals surface area contributed by atoms with Crippen molar-refractivity contribution < 1.29 is 23.9 Å². The second-order valence-corrected chi connectivity index (χ2v) is 5.15. The van der Waals surface area contributed by atoms with Gasteiger partial charge in [0.15, 0.2) is 11.6 Å². The predicted molar refractivity (Wildman–Crippen MR) is 83.6 cm³/mol. The van der Waals surface area contributed by atoms with Crippen LogP contribution in [-0.4, -0.2) is 18.4 Å². The lowest BCUT2D eigenvalue weighted by molar-refractivity contribution is 0.140. The number of hydroxylamine groups is 1. The van der Waals surface area contributed by atoms with Crippen LogP contribution in [0.4, 0.5) is 14.9 Å². The summed E-state index contributed by atoms with van der Waals surface area (Å²) in [4.78, 5) is 11.5. The van der Waals surface area contributed by atoms with Crippen LogP contribution in [0, 0.1) is 12.7 Å². The molecular weight excluding hydrogens is 325 g/mol. The molecule has 0 aliphatic heterocycles. The molecule has 0 fully saturated rings. The van der Waals surface area contributed by atoms with Gasteiger partial charge in [0.05, 0.1) is 12.8 Å². The average molecular weight is 340 g/mol. The molecule has 0 aliphatic carbocycles. The molecule has 1 N–H and O–H groups in total. The third kappa shape index (κ3) is 3.91. The molecule has 5 nitrogen and oxygen atoms in total. The van der Waals surface area contributed by atoms with Gasteiger partial charge in [-0.3, -0.25) is 5.21 Å². The molecule has 122 valence electrons. The van der Waals surface area contributed by atoms with Crippen LogP contribution in [0.5, 0.6) is 5.75 Å². The van der Waals surface area contributed by atoms with Crippen molar-refractivity contribution in [1.82, 2.24) is 0 Å². The highest BCUT2D eigenvalue weighted by atomic mass is 35.5. The lowest BCUT2D eigenvalue weighted by Gasteiger charge is -2.18. The Hall–Kier alpha value is -2.31. The fraction of sp³-hybridized carbons (Fsp3) is 0.188. The maximum atomic E-state index is 13.8. The molecule has 2 aromatic carbocycles. The SMILES string of the molecule is COC(=O)N(O)c1cccc(Cl)c1COc1ccc(C)cc1F. The molecule has 23 heavy (non-hydrogen) atoms. The van der Waals surface area contributed by atoms with Crippen LogP contribution < -0.4 is 9.80 Å². The monoisotopic (exact) mass is 339 g/mol. The molecule has 2 aromatic rings. The summed E-state index contributed by atoms with van der Waals surface area (Å²) >= 11 is 6.09. The van der Waals surface area contributed by atoms with E-state index in [0.29, 0.717) is 10.6 Å². The van der Waals surface area contributed by atoms with Gasteiger partial charge in [-0.15, -0.1) is 0 Å². The van der Waals surface area contributed by atoms with Gasteiger partial charge in [-0.05, 0) is 36.8 Å². The van der Waals surface area contributed by atoms with E-state index in [1.165, 1.54) is 18.2 Å². The molecule has 0 aliphatic rings. The maximum Gasteiger partial charge on any atom is 0.438 e. The first-order chi connectivity index (χ1) is 10.9. The van der Waals surface area contributed by atoms with Crippen molar-refractivity contribution in [1.29, 1.82) is 0 Å². The number of hydrogen-bond acceptors (Lipinski definition) is 4. The molecule has 0 unspecified atom stereocenters. The van der Waals surface area contributed by atoms with Crippen molar-refractivity contribution in [3.05, 3.63) is 58.4 Å². The van der Waals surface area contributed by atoms with Crippen LogP contribution in [0.15, 0.2) is 36.4 Å². The van der Waals surface area contributed by atoms with Crippen molar-refractivity contribution in [2.45, 2.75) is 13.5 Å². The second-order valence-electron chi connectivity index (χ2n) is 4.74. The summed E-state index contributed by atoms with van der Waals surface area (Å²) in [5.41, 5.74) is 1.18. The first-order valence-electron chi connectivity index (χ1n) is 6.67. The third-order valence-corrected chi connectivity index (χ3v) is 3.48. The van der Waals surface area contributed by atoms with Gasteiger partial charge in [0.2, 0.25) is 0 Å². The molecular formula is C16H15ClFNO4. The standard InChI is InChI=1S/C16H15ClFNO4/c1-10-6-7-15(13(18)8-10)23-9-11-12(17)4-3-5-14(11)19(21)16(20)22-2/h3-8,21H,9H2,1-2H3. The van der Waals surface area contributed by atoms with Crippen molar-refractivity contribution in [3.8, 4) is 5.75 Å². The van der Waals surface area contributed by atoms with E-state index in [2.05, 4.69) is 4.74 Å². The van der Waals surface area contributed by atoms with Gasteiger partial charge in [-0.1, -0.05) is 23.7 Å². The Kier molecular flexibility index (Phi) is 5.41. The molecule has 0 spiro atoms. The van der Waals surface area contributed by atoms with E-state index in [9.17, 15) is 14.4 Å². The van der Waals surface area contributed by atoms with Crippen LogP contribution in [0.1, 0.15) is 11.1 Å². The summed E-state index contributed by atoms with van der Waals surface area (Å²) in [6, 6.07) is 9.14. The summed E-state index contributed by atoms with van der Waals surface area (Å²) in [6.45, 7) is 1.63. The Balaban J connectivity index is 2.27. The number of carbonyl (C=O) groups is 1. The Morgan fingerprint density at radius 2 is 2.09 bits per heavy atom. The number of rotatable bonds is 4. The summed E-state index contributed by atoms with van der Waals surface area (Å²) in [5, 5.41) is 10.4. The van der Waals surface area contributed by atoms with Crippen LogP contribution in [0.25, 0.3) is 0 Å². The Morgan fingerprint density at radius 1 is 1.35 bits per heavy atom. The number of hydrogen-bond donors (Lipinski definition) is 1. The number of halogens is 2. The number of carbonyl (C=O) groups excluding carboxylic acids is 1. The van der Waals surface area contributed by atoms with Gasteiger partial charge >= 0.3 is 6.09 Å². The fourth-order valence-electron chi connectivity index (χ4n) is 1.95. The van der Waals surface area contributed by atoms with Crippen LogP contribution >= 0.6 is 11.6 Å². The Labute approximate surface area is 137 Å². The summed E-state index contributed by atoms with van der Waals surface area (Å²) in [5.74, 6) is -0.462. The maximum absolute atomic E-state index is 13.8. The predicted octanol–water partition coefficient (Wildman–Crippen LogP) is 4.33. The molecule has 0 saturated carbocycles. The molecule has 0 heterocycles. The number of ether oxygens (including phenoxy) is 2. The molecule has 2 rings (SSSR count). The van der Waals surface area contributed by atoms with Crippen molar-refractivity contribution in [2.24, 2.45) is 0 Å². The number of methoxy groups -OCH3 is 1. The highest BCUT2D eigenvalue weighted by molar-refractivity contribution is 6.31. The van der Waals surface area contributed by atoms with E-state index in [4.69, 9.17) is 16.3 Å². The highest BCUT2D eigenvalue weighted by Gasteiger charge is 2.19. The van der Waals surface area contributed by atoms with E-state index in [0.717, 1.165) is 12.7 Å². The zero-order valence-corrected chi connectivity index (χ0v) is 13.3. The van der Waals surface area contributed by atoms with E-state index in [1.807, 2.05) is 0 Å². The summed E-state index contributed by atoms with van der Waals surface area (Å²) in [6.07, 6.45) is -0.977. The topological polar surface area (TPSA) is 59.0 Å². The molecule has 1 amide bonds. The number of nitrogens with zero attached hydrogens (tertiary/aromatic N) is 1. The third-order valence-electron chi connectivity index (χ3n) is 3.13. The zero-order valence-electron chi connectivity index (χ0n) is 12.5. The van der Waals surface area contributed by atoms with Gasteiger partial charge in [-0.25, -0.2) is 9.18 Å². The highest BCUT2D eigenvalue weighted by Crippen LogP contribution is 2.29. The Morgan fingerprint density at radius 3 is 2.74 bits per heavy atom. The van der Waals surface area contributed by atoms with Crippen LogP contribution in [0.3, 0.4) is 0 Å². The first kappa shape index (κ1) is 17.1. The van der Waals surface area contributed by atoms with E-state index < -0.39 is 11.9 Å².